The molecule has 0 saturated carbocycles. The predicted octanol–water partition coefficient (Wildman–Crippen LogP) is 3.04. The standard InChI is InChI=1S/C20H24BrN3O4S/c1-3-28-19-9-4-15(21)14-18(19)20(25)22-16-5-7-17(8-6-16)29(26,27)24-12-10-23(2)11-13-24/h4-9,14H,3,10-13H2,1-2H3,(H,22,25). The fourth-order valence-electron chi connectivity index (χ4n) is 3.05. The first-order chi connectivity index (χ1) is 13.8. The van der Waals surface area contributed by atoms with Gasteiger partial charge >= 0.3 is 0 Å². The Morgan fingerprint density at radius 3 is 2.38 bits per heavy atom. The van der Waals surface area contributed by atoms with Crippen LogP contribution in [0.1, 0.15) is 17.3 Å². The Morgan fingerprint density at radius 2 is 1.76 bits per heavy atom. The molecule has 2 aromatic rings. The maximum absolute atomic E-state index is 12.8. The molecule has 0 atom stereocenters. The zero-order valence-electron chi connectivity index (χ0n) is 16.4. The number of halogens is 1. The summed E-state index contributed by atoms with van der Waals surface area (Å²) < 4.78 is 33.4. The van der Waals surface area contributed by atoms with E-state index in [2.05, 4.69) is 26.1 Å². The molecule has 0 unspecified atom stereocenters. The number of sulfonamides is 1. The third-order valence-corrected chi connectivity index (χ3v) is 7.10. The zero-order valence-corrected chi connectivity index (χ0v) is 18.8. The largest absolute Gasteiger partial charge is 0.493 e. The molecule has 0 radical (unpaired) electrons. The molecule has 7 nitrogen and oxygen atoms in total. The number of benzene rings is 2. The molecule has 9 heteroatoms. The Hall–Kier alpha value is -1.94. The van der Waals surface area contributed by atoms with Crippen LogP contribution in [0.15, 0.2) is 51.8 Å². The Morgan fingerprint density at radius 1 is 1.10 bits per heavy atom. The van der Waals surface area contributed by atoms with Gasteiger partial charge in [0.25, 0.3) is 5.91 Å². The van der Waals surface area contributed by atoms with Gasteiger partial charge in [-0.1, -0.05) is 15.9 Å². The normalized spacial score (nSPS) is 15.8. The maximum Gasteiger partial charge on any atom is 0.259 e. The van der Waals surface area contributed by atoms with E-state index in [9.17, 15) is 13.2 Å². The number of nitrogens with one attached hydrogen (secondary N) is 1. The van der Waals surface area contributed by atoms with Crippen LogP contribution in [0.2, 0.25) is 0 Å². The van der Waals surface area contributed by atoms with Crippen molar-refractivity contribution in [2.45, 2.75) is 11.8 Å². The molecule has 1 amide bonds. The highest BCUT2D eigenvalue weighted by Gasteiger charge is 2.27. The smallest absolute Gasteiger partial charge is 0.259 e. The van der Waals surface area contributed by atoms with E-state index in [-0.39, 0.29) is 10.8 Å². The summed E-state index contributed by atoms with van der Waals surface area (Å²) in [7, 11) is -1.56. The van der Waals surface area contributed by atoms with E-state index < -0.39 is 10.0 Å². The molecule has 29 heavy (non-hydrogen) atoms. The number of carbonyl (C=O) groups is 1. The van der Waals surface area contributed by atoms with Crippen LogP contribution in [0, 0.1) is 0 Å². The Balaban J connectivity index is 1.74. The van der Waals surface area contributed by atoms with Crippen molar-refractivity contribution in [3.63, 3.8) is 0 Å². The highest BCUT2D eigenvalue weighted by atomic mass is 79.9. The first-order valence-corrected chi connectivity index (χ1v) is 11.6. The van der Waals surface area contributed by atoms with Gasteiger partial charge in [-0.2, -0.15) is 4.31 Å². The van der Waals surface area contributed by atoms with Crippen LogP contribution < -0.4 is 10.1 Å². The van der Waals surface area contributed by atoms with Crippen LogP contribution in [0.4, 0.5) is 5.69 Å². The molecule has 0 bridgehead atoms. The Labute approximate surface area is 179 Å². The van der Waals surface area contributed by atoms with Gasteiger partial charge in [0.1, 0.15) is 5.75 Å². The minimum atomic E-state index is -3.53. The molecular formula is C20H24BrN3O4S. The molecule has 0 spiro atoms. The summed E-state index contributed by atoms with van der Waals surface area (Å²) >= 11 is 3.36. The number of anilines is 1. The van der Waals surface area contributed by atoms with Crippen molar-refractivity contribution in [2.75, 3.05) is 45.2 Å². The van der Waals surface area contributed by atoms with Crippen LogP contribution in [-0.4, -0.2) is 63.4 Å². The first kappa shape index (κ1) is 21.8. The number of piperazine rings is 1. The highest BCUT2D eigenvalue weighted by molar-refractivity contribution is 9.10. The summed E-state index contributed by atoms with van der Waals surface area (Å²) in [6, 6.07) is 11.5. The van der Waals surface area contributed by atoms with E-state index in [4.69, 9.17) is 4.74 Å². The second kappa shape index (κ2) is 9.25. The molecule has 0 aliphatic carbocycles. The number of nitrogens with zero attached hydrogens (tertiary/aromatic N) is 2. The van der Waals surface area contributed by atoms with Crippen LogP contribution >= 0.6 is 15.9 Å². The fourth-order valence-corrected chi connectivity index (χ4v) is 4.83. The van der Waals surface area contributed by atoms with Crippen molar-refractivity contribution < 1.29 is 17.9 Å². The lowest BCUT2D eigenvalue weighted by Gasteiger charge is -2.31. The lowest BCUT2D eigenvalue weighted by Crippen LogP contribution is -2.46. The third kappa shape index (κ3) is 5.16. The summed E-state index contributed by atoms with van der Waals surface area (Å²) in [6.45, 7) is 4.66. The van der Waals surface area contributed by atoms with E-state index in [1.165, 1.54) is 16.4 Å². The van der Waals surface area contributed by atoms with E-state index in [0.29, 0.717) is 49.8 Å². The van der Waals surface area contributed by atoms with Gasteiger partial charge in [0.05, 0.1) is 17.1 Å². The highest BCUT2D eigenvalue weighted by Crippen LogP contribution is 2.25. The van der Waals surface area contributed by atoms with Crippen LogP contribution in [0.25, 0.3) is 0 Å². The maximum atomic E-state index is 12.8. The lowest BCUT2D eigenvalue weighted by molar-refractivity contribution is 0.102. The van der Waals surface area contributed by atoms with Crippen molar-refractivity contribution in [2.24, 2.45) is 0 Å². The third-order valence-electron chi connectivity index (χ3n) is 4.70. The van der Waals surface area contributed by atoms with Crippen LogP contribution in [0.5, 0.6) is 5.75 Å². The van der Waals surface area contributed by atoms with Gasteiger partial charge in [-0.25, -0.2) is 8.42 Å². The molecular weight excluding hydrogens is 458 g/mol. The molecule has 1 aliphatic rings. The second-order valence-corrected chi connectivity index (χ2v) is 9.61. The summed E-state index contributed by atoms with van der Waals surface area (Å²) in [5.74, 6) is 0.159. The van der Waals surface area contributed by atoms with Crippen molar-refractivity contribution in [3.8, 4) is 5.75 Å². The van der Waals surface area contributed by atoms with Crippen LogP contribution in [-0.2, 0) is 10.0 Å². The number of hydrogen-bond acceptors (Lipinski definition) is 5. The second-order valence-electron chi connectivity index (χ2n) is 6.76. The van der Waals surface area contributed by atoms with Crippen molar-refractivity contribution in [1.29, 1.82) is 0 Å². The van der Waals surface area contributed by atoms with Gasteiger partial charge in [-0.3, -0.25) is 4.79 Å². The van der Waals surface area contributed by atoms with Crippen molar-refractivity contribution in [1.82, 2.24) is 9.21 Å². The summed E-state index contributed by atoms with van der Waals surface area (Å²) in [5, 5.41) is 2.79. The molecule has 2 aromatic carbocycles. The van der Waals surface area contributed by atoms with Gasteiger partial charge in [-0.05, 0) is 56.4 Å². The van der Waals surface area contributed by atoms with E-state index in [1.807, 2.05) is 14.0 Å². The van der Waals surface area contributed by atoms with Gasteiger partial charge in [0.15, 0.2) is 0 Å². The zero-order chi connectivity index (χ0) is 21.0. The average Bonchev–Trinajstić information content (AvgIpc) is 2.70. The minimum Gasteiger partial charge on any atom is -0.493 e. The summed E-state index contributed by atoms with van der Waals surface area (Å²) in [5.41, 5.74) is 0.908. The monoisotopic (exact) mass is 481 g/mol. The van der Waals surface area contributed by atoms with Crippen molar-refractivity contribution >= 4 is 37.5 Å². The molecule has 1 N–H and O–H groups in total. The fraction of sp³-hybridized carbons (Fsp3) is 0.350. The number of hydrogen-bond donors (Lipinski definition) is 1. The summed E-state index contributed by atoms with van der Waals surface area (Å²) in [4.78, 5) is 15.0. The quantitative estimate of drug-likeness (QED) is 0.685. The van der Waals surface area contributed by atoms with Crippen molar-refractivity contribution in [3.05, 3.63) is 52.5 Å². The van der Waals surface area contributed by atoms with Gasteiger partial charge in [0.2, 0.25) is 10.0 Å². The van der Waals surface area contributed by atoms with Gasteiger partial charge < -0.3 is 15.0 Å². The summed E-state index contributed by atoms with van der Waals surface area (Å²) in [6.07, 6.45) is 0. The first-order valence-electron chi connectivity index (χ1n) is 9.33. The minimum absolute atomic E-state index is 0.220. The Bertz CT molecular complexity index is 972. The topological polar surface area (TPSA) is 78.9 Å². The molecule has 3 rings (SSSR count). The molecule has 156 valence electrons. The lowest BCUT2D eigenvalue weighted by atomic mass is 10.2. The van der Waals surface area contributed by atoms with E-state index in [1.54, 1.807) is 30.3 Å². The van der Waals surface area contributed by atoms with Crippen LogP contribution in [0.3, 0.4) is 0 Å². The number of likely N-dealkylation sites (N-methyl/N-ethyl adjacent to an activating group) is 1. The SMILES string of the molecule is CCOc1ccc(Br)cc1C(=O)Nc1ccc(S(=O)(=O)N2CCN(C)CC2)cc1. The van der Waals surface area contributed by atoms with Gasteiger partial charge in [0, 0.05) is 36.3 Å². The van der Waals surface area contributed by atoms with E-state index in [0.717, 1.165) is 4.47 Å². The predicted molar refractivity (Wildman–Crippen MR) is 116 cm³/mol. The Kier molecular flexibility index (Phi) is 6.94. The van der Waals surface area contributed by atoms with E-state index >= 15 is 0 Å². The molecule has 1 aliphatic heterocycles. The molecule has 1 saturated heterocycles. The molecule has 1 heterocycles. The van der Waals surface area contributed by atoms with Gasteiger partial charge in [-0.15, -0.1) is 0 Å². The molecule has 1 fully saturated rings. The number of carbonyl (C=O) groups excluding carboxylic acids is 1. The molecule has 0 aromatic heterocycles. The average molecular weight is 482 g/mol. The number of rotatable bonds is 6. The number of amides is 1. The number of ether oxygens (including phenoxy) is 1.